The number of hydrogen-bond donors (Lipinski definition) is 1. The van der Waals surface area contributed by atoms with Crippen LogP contribution in [-0.2, 0) is 31.3 Å². The van der Waals surface area contributed by atoms with Gasteiger partial charge in [-0.1, -0.05) is 18.2 Å². The molecule has 11 heteroatoms. The first-order valence-electron chi connectivity index (χ1n) is 8.72. The van der Waals surface area contributed by atoms with Crippen LogP contribution in [0.1, 0.15) is 5.56 Å². The van der Waals surface area contributed by atoms with E-state index in [-0.39, 0.29) is 48.3 Å². The average molecular weight is 442 g/mol. The number of halogens is 1. The molecule has 0 unspecified atom stereocenters. The van der Waals surface area contributed by atoms with E-state index in [0.717, 1.165) is 6.07 Å². The van der Waals surface area contributed by atoms with Gasteiger partial charge in [-0.05, 0) is 35.9 Å². The number of carbonyl (C=O) groups excluding carboxylic acids is 1. The second-order valence-corrected chi connectivity index (χ2v) is 10.1. The lowest BCUT2D eigenvalue weighted by Crippen LogP contribution is -2.50. The maximum Gasteiger partial charge on any atom is 0.243 e. The molecule has 1 aliphatic rings. The van der Waals surface area contributed by atoms with Crippen LogP contribution in [0.4, 0.5) is 4.39 Å². The van der Waals surface area contributed by atoms with Crippen molar-refractivity contribution in [3.63, 3.8) is 0 Å². The SMILES string of the molecule is NS(=O)(=O)c1ccc(CC(=O)N2CCN(S(=O)(=O)c3cccc(F)c3)CC2)cc1. The highest BCUT2D eigenvalue weighted by Gasteiger charge is 2.30. The molecule has 0 spiro atoms. The van der Waals surface area contributed by atoms with Gasteiger partial charge in [-0.2, -0.15) is 4.31 Å². The predicted molar refractivity (Wildman–Crippen MR) is 103 cm³/mol. The molecule has 2 aromatic carbocycles. The first-order valence-corrected chi connectivity index (χ1v) is 11.7. The van der Waals surface area contributed by atoms with E-state index in [1.54, 1.807) is 4.90 Å². The Kier molecular flexibility index (Phi) is 6.03. The molecule has 156 valence electrons. The minimum atomic E-state index is -3.82. The molecule has 0 saturated carbocycles. The van der Waals surface area contributed by atoms with E-state index in [9.17, 15) is 26.0 Å². The summed E-state index contributed by atoms with van der Waals surface area (Å²) in [6.45, 7) is 0.634. The molecule has 3 rings (SSSR count). The second kappa shape index (κ2) is 8.19. The van der Waals surface area contributed by atoms with Crippen LogP contribution in [0.15, 0.2) is 58.3 Å². The first kappa shape index (κ1) is 21.4. The number of carbonyl (C=O) groups is 1. The normalized spacial score (nSPS) is 16.0. The van der Waals surface area contributed by atoms with Crippen molar-refractivity contribution in [2.45, 2.75) is 16.2 Å². The Morgan fingerprint density at radius 2 is 1.55 bits per heavy atom. The van der Waals surface area contributed by atoms with Gasteiger partial charge >= 0.3 is 0 Å². The van der Waals surface area contributed by atoms with Crippen LogP contribution in [0, 0.1) is 5.82 Å². The number of nitrogens with two attached hydrogens (primary N) is 1. The number of primary sulfonamides is 1. The van der Waals surface area contributed by atoms with E-state index in [2.05, 4.69) is 0 Å². The van der Waals surface area contributed by atoms with Crippen LogP contribution in [-0.4, -0.2) is 58.1 Å². The molecule has 1 heterocycles. The minimum Gasteiger partial charge on any atom is -0.340 e. The van der Waals surface area contributed by atoms with E-state index in [1.165, 1.54) is 46.8 Å². The van der Waals surface area contributed by atoms with Gasteiger partial charge in [-0.3, -0.25) is 4.79 Å². The maximum atomic E-state index is 13.4. The Morgan fingerprint density at radius 1 is 0.931 bits per heavy atom. The number of hydrogen-bond acceptors (Lipinski definition) is 5. The van der Waals surface area contributed by atoms with Crippen molar-refractivity contribution in [3.8, 4) is 0 Å². The molecule has 1 aliphatic heterocycles. The third kappa shape index (κ3) is 4.99. The Morgan fingerprint density at radius 3 is 2.10 bits per heavy atom. The molecule has 0 aromatic heterocycles. The lowest BCUT2D eigenvalue weighted by Gasteiger charge is -2.34. The number of amides is 1. The minimum absolute atomic E-state index is 0.0372. The number of sulfonamides is 2. The molecule has 0 aliphatic carbocycles. The van der Waals surface area contributed by atoms with Crippen LogP contribution < -0.4 is 5.14 Å². The highest BCUT2D eigenvalue weighted by molar-refractivity contribution is 7.89. The maximum absolute atomic E-state index is 13.4. The van der Waals surface area contributed by atoms with E-state index in [1.807, 2.05) is 0 Å². The highest BCUT2D eigenvalue weighted by atomic mass is 32.2. The number of benzene rings is 2. The first-order chi connectivity index (χ1) is 13.6. The van der Waals surface area contributed by atoms with Gasteiger partial charge in [0.1, 0.15) is 5.82 Å². The number of piperazine rings is 1. The van der Waals surface area contributed by atoms with Gasteiger partial charge in [0.05, 0.1) is 16.2 Å². The molecular formula is C18H20FN3O5S2. The second-order valence-electron chi connectivity index (χ2n) is 6.61. The summed E-state index contributed by atoms with van der Waals surface area (Å²) in [5.41, 5.74) is 0.622. The Balaban J connectivity index is 1.61. The van der Waals surface area contributed by atoms with Crippen LogP contribution in [0.5, 0.6) is 0 Å². The molecular weight excluding hydrogens is 421 g/mol. The molecule has 2 aromatic rings. The number of nitrogens with zero attached hydrogens (tertiary/aromatic N) is 2. The standard InChI is InChI=1S/C18H20FN3O5S2/c19-15-2-1-3-17(13-15)29(26,27)22-10-8-21(9-11-22)18(23)12-14-4-6-16(7-5-14)28(20,24)25/h1-7,13H,8-12H2,(H2,20,24,25). The summed E-state index contributed by atoms with van der Waals surface area (Å²) in [6.07, 6.45) is 0.0571. The highest BCUT2D eigenvalue weighted by Crippen LogP contribution is 2.19. The zero-order valence-corrected chi connectivity index (χ0v) is 17.0. The molecule has 29 heavy (non-hydrogen) atoms. The van der Waals surface area contributed by atoms with Gasteiger partial charge in [0.2, 0.25) is 26.0 Å². The third-order valence-corrected chi connectivity index (χ3v) is 7.46. The summed E-state index contributed by atoms with van der Waals surface area (Å²) in [6, 6.07) is 10.5. The van der Waals surface area contributed by atoms with E-state index in [4.69, 9.17) is 5.14 Å². The van der Waals surface area contributed by atoms with Gasteiger partial charge in [-0.15, -0.1) is 0 Å². The lowest BCUT2D eigenvalue weighted by molar-refractivity contribution is -0.131. The smallest absolute Gasteiger partial charge is 0.243 e. The summed E-state index contributed by atoms with van der Waals surface area (Å²) >= 11 is 0. The average Bonchev–Trinajstić information content (AvgIpc) is 2.68. The van der Waals surface area contributed by atoms with Gasteiger partial charge < -0.3 is 4.90 Å². The quantitative estimate of drug-likeness (QED) is 0.727. The van der Waals surface area contributed by atoms with Crippen molar-refractivity contribution in [3.05, 3.63) is 59.9 Å². The zero-order chi connectivity index (χ0) is 21.2. The van der Waals surface area contributed by atoms with Crippen LogP contribution in [0.3, 0.4) is 0 Å². The van der Waals surface area contributed by atoms with Crippen LogP contribution in [0.25, 0.3) is 0 Å². The summed E-state index contributed by atoms with van der Waals surface area (Å²) in [5, 5.41) is 5.05. The summed E-state index contributed by atoms with van der Waals surface area (Å²) in [7, 11) is -7.62. The van der Waals surface area contributed by atoms with Crippen molar-refractivity contribution in [1.82, 2.24) is 9.21 Å². The Bertz CT molecular complexity index is 1110. The number of rotatable bonds is 5. The van der Waals surface area contributed by atoms with Gasteiger partial charge in [0.15, 0.2) is 0 Å². The molecule has 1 fully saturated rings. The summed E-state index contributed by atoms with van der Waals surface area (Å²) in [5.74, 6) is -0.829. The molecule has 8 nitrogen and oxygen atoms in total. The van der Waals surface area contributed by atoms with Crippen molar-refractivity contribution < 1.29 is 26.0 Å². The fourth-order valence-electron chi connectivity index (χ4n) is 3.04. The van der Waals surface area contributed by atoms with Crippen LogP contribution >= 0.6 is 0 Å². The van der Waals surface area contributed by atoms with Crippen molar-refractivity contribution >= 4 is 26.0 Å². The fourth-order valence-corrected chi connectivity index (χ4v) is 5.01. The topological polar surface area (TPSA) is 118 Å². The molecule has 0 atom stereocenters. The van der Waals surface area contributed by atoms with E-state index >= 15 is 0 Å². The fraction of sp³-hybridized carbons (Fsp3) is 0.278. The molecule has 1 saturated heterocycles. The Hall–Kier alpha value is -2.34. The lowest BCUT2D eigenvalue weighted by atomic mass is 10.1. The molecule has 1 amide bonds. The third-order valence-electron chi connectivity index (χ3n) is 4.63. The van der Waals surface area contributed by atoms with Gasteiger partial charge in [-0.25, -0.2) is 26.4 Å². The van der Waals surface area contributed by atoms with Gasteiger partial charge in [0.25, 0.3) is 0 Å². The van der Waals surface area contributed by atoms with Crippen molar-refractivity contribution in [2.75, 3.05) is 26.2 Å². The van der Waals surface area contributed by atoms with E-state index in [0.29, 0.717) is 5.56 Å². The largest absolute Gasteiger partial charge is 0.340 e. The summed E-state index contributed by atoms with van der Waals surface area (Å²) < 4.78 is 62.4. The molecule has 0 radical (unpaired) electrons. The Labute approximate surface area is 168 Å². The monoisotopic (exact) mass is 441 g/mol. The van der Waals surface area contributed by atoms with E-state index < -0.39 is 25.9 Å². The summed E-state index contributed by atoms with van der Waals surface area (Å²) in [4.78, 5) is 13.9. The van der Waals surface area contributed by atoms with Crippen molar-refractivity contribution in [1.29, 1.82) is 0 Å². The molecule has 0 bridgehead atoms. The molecule has 2 N–H and O–H groups in total. The van der Waals surface area contributed by atoms with Gasteiger partial charge in [0, 0.05) is 26.2 Å². The van der Waals surface area contributed by atoms with Crippen molar-refractivity contribution in [2.24, 2.45) is 5.14 Å². The zero-order valence-electron chi connectivity index (χ0n) is 15.4. The van der Waals surface area contributed by atoms with Crippen LogP contribution in [0.2, 0.25) is 0 Å². The predicted octanol–water partition coefficient (Wildman–Crippen LogP) is 0.549.